The highest BCUT2D eigenvalue weighted by Gasteiger charge is 2.24. The SMILES string of the molecule is CCN(C)CCc1cc(NC(=O)[C@@H](CCC(=O)N(C)CCC(=O)O)NC(=O)c2ccc(C)s2)ccc1C. The van der Waals surface area contributed by atoms with Gasteiger partial charge >= 0.3 is 5.97 Å². The van der Waals surface area contributed by atoms with E-state index in [4.69, 9.17) is 5.11 Å². The lowest BCUT2D eigenvalue weighted by molar-refractivity contribution is -0.138. The minimum Gasteiger partial charge on any atom is -0.481 e. The van der Waals surface area contributed by atoms with E-state index in [2.05, 4.69) is 29.5 Å². The highest BCUT2D eigenvalue weighted by Crippen LogP contribution is 2.18. The normalized spacial score (nSPS) is 11.7. The number of nitrogens with zero attached hydrogens (tertiary/aromatic N) is 2. The average Bonchev–Trinajstić information content (AvgIpc) is 3.30. The fourth-order valence-electron chi connectivity index (χ4n) is 3.62. The zero-order valence-electron chi connectivity index (χ0n) is 22.3. The quantitative estimate of drug-likeness (QED) is 0.345. The Hall–Kier alpha value is -3.24. The van der Waals surface area contributed by atoms with Crippen molar-refractivity contribution in [3.63, 3.8) is 0 Å². The van der Waals surface area contributed by atoms with Gasteiger partial charge in [0.05, 0.1) is 11.3 Å². The summed E-state index contributed by atoms with van der Waals surface area (Å²) in [4.78, 5) is 54.4. The molecule has 1 atom stereocenters. The van der Waals surface area contributed by atoms with E-state index < -0.39 is 17.9 Å². The maximum Gasteiger partial charge on any atom is 0.305 e. The number of benzene rings is 1. The molecule has 0 aliphatic carbocycles. The van der Waals surface area contributed by atoms with Gasteiger partial charge in [-0.25, -0.2) is 0 Å². The molecule has 0 radical (unpaired) electrons. The second-order valence-electron chi connectivity index (χ2n) is 9.21. The van der Waals surface area contributed by atoms with E-state index in [1.807, 2.05) is 38.1 Å². The number of carboxylic acids is 1. The van der Waals surface area contributed by atoms with Gasteiger partial charge in [0.1, 0.15) is 6.04 Å². The maximum absolute atomic E-state index is 13.3. The van der Waals surface area contributed by atoms with Crippen molar-refractivity contribution in [3.8, 4) is 0 Å². The van der Waals surface area contributed by atoms with Gasteiger partial charge in [-0.2, -0.15) is 0 Å². The van der Waals surface area contributed by atoms with E-state index in [0.717, 1.165) is 35.5 Å². The zero-order chi connectivity index (χ0) is 27.5. The highest BCUT2D eigenvalue weighted by atomic mass is 32.1. The fraction of sp³-hybridized carbons (Fsp3) is 0.481. The Bertz CT molecular complexity index is 1100. The van der Waals surface area contributed by atoms with Crippen LogP contribution in [0, 0.1) is 13.8 Å². The summed E-state index contributed by atoms with van der Waals surface area (Å²) >= 11 is 1.33. The Morgan fingerprint density at radius 2 is 1.76 bits per heavy atom. The second kappa shape index (κ2) is 14.5. The van der Waals surface area contributed by atoms with Crippen LogP contribution in [0.1, 0.15) is 51.9 Å². The van der Waals surface area contributed by atoms with E-state index in [1.165, 1.54) is 23.3 Å². The van der Waals surface area contributed by atoms with Crippen LogP contribution in [0.4, 0.5) is 5.69 Å². The molecule has 1 aromatic carbocycles. The Morgan fingerprint density at radius 3 is 2.38 bits per heavy atom. The van der Waals surface area contributed by atoms with E-state index in [1.54, 1.807) is 6.07 Å². The van der Waals surface area contributed by atoms with Crippen molar-refractivity contribution in [2.75, 3.05) is 39.0 Å². The molecule has 0 bridgehead atoms. The number of anilines is 1. The lowest BCUT2D eigenvalue weighted by atomic mass is 10.0. The number of hydrogen-bond acceptors (Lipinski definition) is 6. The number of likely N-dealkylation sites (N-methyl/N-ethyl adjacent to an activating group) is 1. The second-order valence-corrected chi connectivity index (χ2v) is 10.5. The first-order valence-corrected chi connectivity index (χ1v) is 13.2. The van der Waals surface area contributed by atoms with Gasteiger partial charge < -0.3 is 25.5 Å². The van der Waals surface area contributed by atoms with Crippen molar-refractivity contribution in [2.45, 2.75) is 52.5 Å². The molecule has 2 aromatic rings. The molecular weight excluding hydrogens is 492 g/mol. The van der Waals surface area contributed by atoms with Gasteiger partial charge in [-0.15, -0.1) is 11.3 Å². The van der Waals surface area contributed by atoms with Crippen molar-refractivity contribution >= 4 is 40.7 Å². The summed E-state index contributed by atoms with van der Waals surface area (Å²) in [7, 11) is 3.58. The predicted octanol–water partition coefficient (Wildman–Crippen LogP) is 3.31. The first kappa shape index (κ1) is 30.0. The zero-order valence-corrected chi connectivity index (χ0v) is 23.1. The molecule has 1 aromatic heterocycles. The summed E-state index contributed by atoms with van der Waals surface area (Å²) in [5.74, 6) is -2.08. The number of hydrogen-bond donors (Lipinski definition) is 3. The average molecular weight is 531 g/mol. The van der Waals surface area contributed by atoms with Crippen molar-refractivity contribution in [1.29, 1.82) is 0 Å². The van der Waals surface area contributed by atoms with Gasteiger partial charge in [0, 0.05) is 37.1 Å². The molecule has 0 aliphatic rings. The summed E-state index contributed by atoms with van der Waals surface area (Å²) in [6, 6.07) is 8.33. The molecule has 0 saturated heterocycles. The summed E-state index contributed by atoms with van der Waals surface area (Å²) in [6.45, 7) is 7.95. The van der Waals surface area contributed by atoms with Crippen LogP contribution >= 0.6 is 11.3 Å². The number of rotatable bonds is 14. The minimum atomic E-state index is -0.991. The van der Waals surface area contributed by atoms with Crippen LogP contribution in [-0.2, 0) is 20.8 Å². The molecule has 202 valence electrons. The van der Waals surface area contributed by atoms with E-state index in [9.17, 15) is 19.2 Å². The first-order valence-electron chi connectivity index (χ1n) is 12.4. The van der Waals surface area contributed by atoms with Gasteiger partial charge in [-0.3, -0.25) is 19.2 Å². The van der Waals surface area contributed by atoms with Crippen LogP contribution in [0.3, 0.4) is 0 Å². The van der Waals surface area contributed by atoms with Crippen LogP contribution in [0.5, 0.6) is 0 Å². The molecule has 0 fully saturated rings. The summed E-state index contributed by atoms with van der Waals surface area (Å²) in [6.07, 6.45) is 0.748. The molecule has 1 heterocycles. The summed E-state index contributed by atoms with van der Waals surface area (Å²) in [5, 5.41) is 14.5. The van der Waals surface area contributed by atoms with Crippen molar-refractivity contribution < 1.29 is 24.3 Å². The molecule has 3 N–H and O–H groups in total. The first-order chi connectivity index (χ1) is 17.5. The van der Waals surface area contributed by atoms with Gasteiger partial charge in [0.25, 0.3) is 5.91 Å². The van der Waals surface area contributed by atoms with Crippen LogP contribution in [-0.4, -0.2) is 78.4 Å². The molecular formula is C27H38N4O5S. The van der Waals surface area contributed by atoms with Crippen molar-refractivity contribution in [3.05, 3.63) is 51.2 Å². The number of nitrogens with one attached hydrogen (secondary N) is 2. The molecule has 0 unspecified atom stereocenters. The van der Waals surface area contributed by atoms with Gasteiger partial charge in [-0.05, 0) is 75.7 Å². The lowest BCUT2D eigenvalue weighted by Crippen LogP contribution is -2.44. The third-order valence-electron chi connectivity index (χ3n) is 6.24. The standard InChI is InChI=1S/C27H38N4O5S/c1-6-30(4)15-13-20-17-21(9-7-18(20)2)28-26(35)22(29-27(36)23-11-8-19(3)37-23)10-12-24(32)31(5)16-14-25(33)34/h7-9,11,17,22H,6,10,12-16H2,1-5H3,(H,28,35)(H,29,36)(H,33,34)/t22-/m1/s1. The maximum atomic E-state index is 13.3. The Morgan fingerprint density at radius 1 is 1.03 bits per heavy atom. The number of aliphatic carboxylic acids is 1. The molecule has 0 aliphatic heterocycles. The smallest absolute Gasteiger partial charge is 0.305 e. The molecule has 37 heavy (non-hydrogen) atoms. The minimum absolute atomic E-state index is 0.0134. The van der Waals surface area contributed by atoms with Crippen LogP contribution in [0.25, 0.3) is 0 Å². The van der Waals surface area contributed by atoms with E-state index in [0.29, 0.717) is 10.6 Å². The number of carboxylic acid groups (broad SMARTS) is 1. The third-order valence-corrected chi connectivity index (χ3v) is 7.24. The van der Waals surface area contributed by atoms with E-state index >= 15 is 0 Å². The monoisotopic (exact) mass is 530 g/mol. The van der Waals surface area contributed by atoms with Crippen LogP contribution < -0.4 is 10.6 Å². The van der Waals surface area contributed by atoms with Gasteiger partial charge in [0.15, 0.2) is 0 Å². The number of carbonyl (C=O) groups excluding carboxylic acids is 3. The molecule has 3 amide bonds. The van der Waals surface area contributed by atoms with Crippen molar-refractivity contribution in [2.24, 2.45) is 0 Å². The lowest BCUT2D eigenvalue weighted by Gasteiger charge is -2.21. The molecule has 0 saturated carbocycles. The predicted molar refractivity (Wildman–Crippen MR) is 146 cm³/mol. The van der Waals surface area contributed by atoms with Crippen molar-refractivity contribution in [1.82, 2.24) is 15.1 Å². The molecule has 10 heteroatoms. The number of thiophene rings is 1. The van der Waals surface area contributed by atoms with Gasteiger partial charge in [0.2, 0.25) is 11.8 Å². The molecule has 2 rings (SSSR count). The largest absolute Gasteiger partial charge is 0.481 e. The Balaban J connectivity index is 2.13. The summed E-state index contributed by atoms with van der Waals surface area (Å²) < 4.78 is 0. The fourth-order valence-corrected chi connectivity index (χ4v) is 4.39. The molecule has 9 nitrogen and oxygen atoms in total. The highest BCUT2D eigenvalue weighted by molar-refractivity contribution is 7.13. The number of aryl methyl sites for hydroxylation is 2. The van der Waals surface area contributed by atoms with E-state index in [-0.39, 0.29) is 37.6 Å². The summed E-state index contributed by atoms with van der Waals surface area (Å²) in [5.41, 5.74) is 2.89. The van der Waals surface area contributed by atoms with Crippen LogP contribution in [0.15, 0.2) is 30.3 Å². The van der Waals surface area contributed by atoms with Crippen LogP contribution in [0.2, 0.25) is 0 Å². The molecule has 0 spiro atoms. The Labute approximate surface area is 222 Å². The number of carbonyl (C=O) groups is 4. The number of amides is 3. The van der Waals surface area contributed by atoms with Gasteiger partial charge in [-0.1, -0.05) is 13.0 Å². The Kier molecular flexibility index (Phi) is 11.7. The topological polar surface area (TPSA) is 119 Å². The third kappa shape index (κ3) is 9.97.